The molecule has 0 bridgehead atoms. The molecule has 28 valence electrons. The van der Waals surface area contributed by atoms with Crippen LogP contribution in [-0.4, -0.2) is 11.0 Å². The third-order valence-electron chi connectivity index (χ3n) is 0. The van der Waals surface area contributed by atoms with Crippen molar-refractivity contribution in [3.05, 3.63) is 7.43 Å². The third-order valence-corrected chi connectivity index (χ3v) is 0. The molecule has 3 heteroatoms. The molecule has 0 aliphatic heterocycles. The van der Waals surface area contributed by atoms with Crippen molar-refractivity contribution in [2.45, 2.75) is 0 Å². The minimum atomic E-state index is 0. The van der Waals surface area contributed by atoms with E-state index in [4.69, 9.17) is 0 Å². The van der Waals surface area contributed by atoms with Gasteiger partial charge in [0.25, 0.3) is 0 Å². The van der Waals surface area contributed by atoms with E-state index in [9.17, 15) is 0 Å². The first kappa shape index (κ1) is 52.9. The van der Waals surface area contributed by atoms with E-state index in [-0.39, 0.29) is 57.1 Å². The van der Waals surface area contributed by atoms with Gasteiger partial charge in [0.2, 0.25) is 0 Å². The molecule has 0 aromatic heterocycles. The summed E-state index contributed by atoms with van der Waals surface area (Å²) in [7, 11) is 0. The van der Waals surface area contributed by atoms with Crippen molar-refractivity contribution in [1.82, 2.24) is 0 Å². The molecular weight excluding hydrogens is 168 g/mol. The van der Waals surface area contributed by atoms with Gasteiger partial charge in [0.15, 0.2) is 0 Å². The van der Waals surface area contributed by atoms with Crippen LogP contribution in [0.25, 0.3) is 0 Å². The van der Waals surface area contributed by atoms with Crippen LogP contribution < -0.4 is 0 Å². The van der Waals surface area contributed by atoms with Crippen LogP contribution in [0.4, 0.5) is 0 Å². The van der Waals surface area contributed by atoms with Gasteiger partial charge in [0, 0.05) is 21.7 Å². The Morgan fingerprint density at radius 3 is 1.00 bits per heavy atom. The van der Waals surface area contributed by atoms with Crippen LogP contribution in [0.1, 0.15) is 0 Å². The number of hydrogen-bond donors (Lipinski definition) is 0. The summed E-state index contributed by atoms with van der Waals surface area (Å²) in [6.45, 7) is 0. The van der Waals surface area contributed by atoms with Gasteiger partial charge in [0.05, 0.1) is 0 Å². The fraction of sp³-hybridized carbons (Fsp3) is 0. The van der Waals surface area contributed by atoms with Crippen LogP contribution in [0.15, 0.2) is 0 Å². The van der Waals surface area contributed by atoms with E-state index in [0.29, 0.717) is 0 Å². The Morgan fingerprint density at radius 2 is 1.00 bits per heavy atom. The predicted octanol–water partition coefficient (Wildman–Crippen LogP) is -0.426. The minimum Gasteiger partial charge on any atom is -0.358 e. The van der Waals surface area contributed by atoms with Crippen molar-refractivity contribution in [3.8, 4) is 0 Å². The van der Waals surface area contributed by atoms with Gasteiger partial charge in [-0.25, -0.2) is 0 Å². The molecule has 0 rings (SSSR count). The molecule has 0 fully saturated rings. The summed E-state index contributed by atoms with van der Waals surface area (Å²) in [5.74, 6) is 0. The van der Waals surface area contributed by atoms with Crippen LogP contribution in [0.2, 0.25) is 0 Å². The summed E-state index contributed by atoms with van der Waals surface area (Å²) in [6, 6.07) is 0. The molecule has 0 N–H and O–H groups in total. The summed E-state index contributed by atoms with van der Waals surface area (Å²) in [5, 5.41) is 0. The molecule has 0 aliphatic carbocycles. The molecule has 0 unspecified atom stereocenters. The first-order valence-electron chi connectivity index (χ1n) is 0. The van der Waals surface area contributed by atoms with Crippen LogP contribution >= 0.6 is 17.0 Å². The topological polar surface area (TPSA) is 0 Å². The molecule has 0 atom stereocenters. The zero-order valence-electron chi connectivity index (χ0n) is 1.91. The van der Waals surface area contributed by atoms with Crippen LogP contribution in [-0.2, 0) is 21.7 Å². The second-order valence-corrected chi connectivity index (χ2v) is 0. The zero-order chi connectivity index (χ0) is 0. The quantitative estimate of drug-likeness (QED) is 0.347. The number of rotatable bonds is 0. The van der Waals surface area contributed by atoms with Crippen molar-refractivity contribution in [2.24, 2.45) is 0 Å². The van der Waals surface area contributed by atoms with Crippen molar-refractivity contribution in [1.29, 1.82) is 0 Å². The summed E-state index contributed by atoms with van der Waals surface area (Å²) < 4.78 is 0. The Balaban J connectivity index is 0. The first-order valence-corrected chi connectivity index (χ1v) is 0. The molecule has 4 heavy (non-hydrogen) atoms. The monoisotopic (exact) mass is 175 g/mol. The van der Waals surface area contributed by atoms with Gasteiger partial charge in [-0.3, -0.25) is 0 Å². The molecule has 0 aromatic rings. The van der Waals surface area contributed by atoms with Crippen molar-refractivity contribution >= 4 is 27.9 Å². The third kappa shape index (κ3) is 9.96. The molecule has 0 radical (unpaired) electrons. The zero-order valence-corrected chi connectivity index (χ0v) is 5.18. The molecular formula is CH8BrSiTi-. The normalized spacial score (nSPS) is 0. The van der Waals surface area contributed by atoms with E-state index in [1.165, 1.54) is 0 Å². The molecule has 0 aliphatic rings. The van der Waals surface area contributed by atoms with Crippen molar-refractivity contribution in [2.75, 3.05) is 0 Å². The molecule has 0 aromatic carbocycles. The average molecular weight is 176 g/mol. The summed E-state index contributed by atoms with van der Waals surface area (Å²) >= 11 is 0. The van der Waals surface area contributed by atoms with Crippen LogP contribution in [0, 0.1) is 7.43 Å². The van der Waals surface area contributed by atoms with Crippen molar-refractivity contribution < 1.29 is 21.7 Å². The SMILES string of the molecule is Br.[CH3-].[SiH4].[Ti]. The molecule has 0 saturated carbocycles. The summed E-state index contributed by atoms with van der Waals surface area (Å²) in [5.41, 5.74) is 0. The second kappa shape index (κ2) is 25.8. The second-order valence-electron chi connectivity index (χ2n) is 0. The number of halogens is 1. The molecule has 0 heterocycles. The molecule has 0 amide bonds. The van der Waals surface area contributed by atoms with E-state index in [1.54, 1.807) is 0 Å². The predicted molar refractivity (Wildman–Crippen MR) is 28.1 cm³/mol. The Hall–Kier alpha value is 1.41. The largest absolute Gasteiger partial charge is 0.358 e. The summed E-state index contributed by atoms with van der Waals surface area (Å²) in [6.07, 6.45) is 0. The van der Waals surface area contributed by atoms with Gasteiger partial charge in [-0.15, -0.1) is 17.0 Å². The standard InChI is InChI=1S/CH3.BrH.H4Si.Ti/h1H3;1H;1H4;/q-1;;;. The van der Waals surface area contributed by atoms with Crippen LogP contribution in [0.5, 0.6) is 0 Å². The first-order chi connectivity index (χ1) is 0. The average Bonchev–Trinajstić information content (AvgIpc) is 0. The van der Waals surface area contributed by atoms with Gasteiger partial charge in [-0.2, -0.15) is 0 Å². The maximum Gasteiger partial charge on any atom is 0 e. The fourth-order valence-corrected chi connectivity index (χ4v) is 0. The van der Waals surface area contributed by atoms with E-state index < -0.39 is 0 Å². The van der Waals surface area contributed by atoms with Gasteiger partial charge in [-0.05, 0) is 11.0 Å². The van der Waals surface area contributed by atoms with Gasteiger partial charge < -0.3 is 7.43 Å². The molecule has 0 saturated heterocycles. The number of hydrogen-bond acceptors (Lipinski definition) is 0. The molecule has 0 nitrogen and oxygen atoms in total. The minimum absolute atomic E-state index is 0. The maximum absolute atomic E-state index is 0. The Bertz CT molecular complexity index is 8.00. The van der Waals surface area contributed by atoms with Crippen molar-refractivity contribution in [3.63, 3.8) is 0 Å². The van der Waals surface area contributed by atoms with E-state index >= 15 is 0 Å². The van der Waals surface area contributed by atoms with Gasteiger partial charge in [-0.1, -0.05) is 0 Å². The van der Waals surface area contributed by atoms with E-state index in [0.717, 1.165) is 0 Å². The summed E-state index contributed by atoms with van der Waals surface area (Å²) in [4.78, 5) is 0. The Kier molecular flexibility index (Phi) is 341. The van der Waals surface area contributed by atoms with E-state index in [2.05, 4.69) is 0 Å². The van der Waals surface area contributed by atoms with Gasteiger partial charge in [0.1, 0.15) is 0 Å². The smallest absolute Gasteiger partial charge is 0 e. The maximum atomic E-state index is 0. The Labute approximate surface area is 57.0 Å². The fourth-order valence-electron chi connectivity index (χ4n) is 0. The van der Waals surface area contributed by atoms with E-state index in [1.807, 2.05) is 0 Å². The molecule has 0 spiro atoms. The van der Waals surface area contributed by atoms with Gasteiger partial charge >= 0.3 is 0 Å². The Morgan fingerprint density at radius 1 is 1.00 bits per heavy atom. The van der Waals surface area contributed by atoms with Crippen LogP contribution in [0.3, 0.4) is 0 Å².